The molecule has 1 aromatic heterocycles. The number of hydrogen-bond donors (Lipinski definition) is 2. The van der Waals surface area contributed by atoms with Gasteiger partial charge in [0.15, 0.2) is 0 Å². The smallest absolute Gasteiger partial charge is 0.216 e. The number of halogens is 1. The van der Waals surface area contributed by atoms with Gasteiger partial charge in [-0.05, 0) is 31.0 Å². The Morgan fingerprint density at radius 2 is 2.21 bits per heavy atom. The van der Waals surface area contributed by atoms with Crippen LogP contribution in [0.15, 0.2) is 12.1 Å². The molecule has 0 aliphatic heterocycles. The van der Waals surface area contributed by atoms with Crippen LogP contribution in [0.2, 0.25) is 5.02 Å². The molecular weight excluding hydrogens is 264 g/mol. The Balaban J connectivity index is 2.36. The van der Waals surface area contributed by atoms with Crippen molar-refractivity contribution < 1.29 is 9.53 Å². The number of methoxy groups -OCH3 is 1. The molecule has 4 nitrogen and oxygen atoms in total. The minimum atomic E-state index is -0.0156. The molecule has 1 aromatic carbocycles. The van der Waals surface area contributed by atoms with Crippen LogP contribution in [-0.4, -0.2) is 24.5 Å². The molecule has 0 aliphatic carbocycles. The summed E-state index contributed by atoms with van der Waals surface area (Å²) >= 11 is 6.11. The zero-order valence-corrected chi connectivity index (χ0v) is 12.0. The number of H-pyrrole nitrogens is 1. The van der Waals surface area contributed by atoms with Crippen LogP contribution in [0.1, 0.15) is 18.2 Å². The molecule has 1 amide bonds. The summed E-state index contributed by atoms with van der Waals surface area (Å²) in [5.74, 6) is 0.645. The van der Waals surface area contributed by atoms with Crippen molar-refractivity contribution in [3.63, 3.8) is 0 Å². The molecule has 0 aliphatic rings. The lowest BCUT2D eigenvalue weighted by Crippen LogP contribution is -2.22. The maximum Gasteiger partial charge on any atom is 0.216 e. The van der Waals surface area contributed by atoms with E-state index in [1.165, 1.54) is 12.5 Å². The van der Waals surface area contributed by atoms with Gasteiger partial charge in [-0.15, -0.1) is 0 Å². The number of benzene rings is 1. The number of aromatic amines is 1. The van der Waals surface area contributed by atoms with E-state index in [1.807, 2.05) is 19.1 Å². The fourth-order valence-corrected chi connectivity index (χ4v) is 2.47. The Morgan fingerprint density at radius 3 is 2.84 bits per heavy atom. The fourth-order valence-electron chi connectivity index (χ4n) is 2.23. The predicted molar refractivity (Wildman–Crippen MR) is 77.0 cm³/mol. The maximum absolute atomic E-state index is 10.9. The van der Waals surface area contributed by atoms with Gasteiger partial charge in [0.2, 0.25) is 5.91 Å². The minimum absolute atomic E-state index is 0.0156. The van der Waals surface area contributed by atoms with Crippen LogP contribution < -0.4 is 10.1 Å². The van der Waals surface area contributed by atoms with Gasteiger partial charge >= 0.3 is 0 Å². The third-order valence-corrected chi connectivity index (χ3v) is 3.44. The third-order valence-electron chi connectivity index (χ3n) is 3.14. The predicted octanol–water partition coefficient (Wildman–Crippen LogP) is 2.82. The van der Waals surface area contributed by atoms with Gasteiger partial charge in [0.1, 0.15) is 5.75 Å². The molecule has 0 bridgehead atoms. The van der Waals surface area contributed by atoms with Crippen molar-refractivity contribution in [2.24, 2.45) is 0 Å². The molecule has 0 saturated heterocycles. The van der Waals surface area contributed by atoms with E-state index in [-0.39, 0.29) is 5.91 Å². The van der Waals surface area contributed by atoms with Crippen LogP contribution in [0.4, 0.5) is 0 Å². The first-order chi connectivity index (χ1) is 9.02. The number of ether oxygens (including phenoxy) is 1. The summed E-state index contributed by atoms with van der Waals surface area (Å²) in [5, 5.41) is 4.48. The van der Waals surface area contributed by atoms with Crippen molar-refractivity contribution in [2.75, 3.05) is 13.7 Å². The molecule has 2 rings (SSSR count). The van der Waals surface area contributed by atoms with Crippen molar-refractivity contribution >= 4 is 28.4 Å². The lowest BCUT2D eigenvalue weighted by molar-refractivity contribution is -0.118. The van der Waals surface area contributed by atoms with Crippen LogP contribution in [0.25, 0.3) is 10.9 Å². The van der Waals surface area contributed by atoms with Gasteiger partial charge in [-0.2, -0.15) is 0 Å². The van der Waals surface area contributed by atoms with Gasteiger partial charge in [-0.3, -0.25) is 4.79 Å². The van der Waals surface area contributed by atoms with Crippen LogP contribution in [0.5, 0.6) is 5.75 Å². The Labute approximate surface area is 117 Å². The molecule has 102 valence electrons. The number of nitrogens with one attached hydrogen (secondary N) is 2. The standard InChI is InChI=1S/C14H17ClN2O2/c1-8-10(4-5-16-9(2)18)11-6-14(19-3)12(15)7-13(11)17-8/h6-7,17H,4-5H2,1-3H3,(H,16,18). The van der Waals surface area contributed by atoms with E-state index < -0.39 is 0 Å². The SMILES string of the molecule is COc1cc2c(CCNC(C)=O)c(C)[nH]c2cc1Cl. The summed E-state index contributed by atoms with van der Waals surface area (Å²) < 4.78 is 5.24. The Bertz CT molecular complexity index is 619. The van der Waals surface area contributed by atoms with E-state index in [1.54, 1.807) is 7.11 Å². The molecule has 2 aromatic rings. The highest BCUT2D eigenvalue weighted by molar-refractivity contribution is 6.32. The first-order valence-corrected chi connectivity index (χ1v) is 6.50. The van der Waals surface area contributed by atoms with E-state index in [0.717, 1.165) is 23.0 Å². The van der Waals surface area contributed by atoms with E-state index in [0.29, 0.717) is 17.3 Å². The molecule has 0 spiro atoms. The molecule has 0 fully saturated rings. The Morgan fingerprint density at radius 1 is 1.47 bits per heavy atom. The average molecular weight is 281 g/mol. The Kier molecular flexibility index (Phi) is 4.00. The molecule has 0 atom stereocenters. The van der Waals surface area contributed by atoms with Crippen molar-refractivity contribution in [1.29, 1.82) is 0 Å². The third kappa shape index (κ3) is 2.84. The van der Waals surface area contributed by atoms with E-state index in [9.17, 15) is 4.79 Å². The first kappa shape index (κ1) is 13.7. The van der Waals surface area contributed by atoms with Gasteiger partial charge in [-0.25, -0.2) is 0 Å². The van der Waals surface area contributed by atoms with Crippen molar-refractivity contribution in [3.05, 3.63) is 28.4 Å². The van der Waals surface area contributed by atoms with Gasteiger partial charge < -0.3 is 15.0 Å². The van der Waals surface area contributed by atoms with Gasteiger partial charge in [0, 0.05) is 30.1 Å². The molecule has 1 heterocycles. The highest BCUT2D eigenvalue weighted by atomic mass is 35.5. The van der Waals surface area contributed by atoms with Crippen LogP contribution in [0, 0.1) is 6.92 Å². The molecule has 0 radical (unpaired) electrons. The van der Waals surface area contributed by atoms with E-state index in [4.69, 9.17) is 16.3 Å². The Hall–Kier alpha value is -1.68. The number of carbonyl (C=O) groups is 1. The largest absolute Gasteiger partial charge is 0.495 e. The number of fused-ring (bicyclic) bond motifs is 1. The summed E-state index contributed by atoms with van der Waals surface area (Å²) in [6.45, 7) is 4.16. The number of amides is 1. The summed E-state index contributed by atoms with van der Waals surface area (Å²) in [4.78, 5) is 14.2. The van der Waals surface area contributed by atoms with Gasteiger partial charge in [-0.1, -0.05) is 11.6 Å². The van der Waals surface area contributed by atoms with E-state index >= 15 is 0 Å². The van der Waals surface area contributed by atoms with Gasteiger partial charge in [0.05, 0.1) is 12.1 Å². The van der Waals surface area contributed by atoms with Crippen molar-refractivity contribution in [1.82, 2.24) is 10.3 Å². The molecule has 5 heteroatoms. The fraction of sp³-hybridized carbons (Fsp3) is 0.357. The highest BCUT2D eigenvalue weighted by Crippen LogP contribution is 2.32. The number of carbonyl (C=O) groups excluding carboxylic acids is 1. The lowest BCUT2D eigenvalue weighted by atomic mass is 10.1. The topological polar surface area (TPSA) is 54.1 Å². The average Bonchev–Trinajstić information content (AvgIpc) is 2.63. The van der Waals surface area contributed by atoms with Crippen molar-refractivity contribution in [3.8, 4) is 5.75 Å². The highest BCUT2D eigenvalue weighted by Gasteiger charge is 2.12. The quantitative estimate of drug-likeness (QED) is 0.905. The van der Waals surface area contributed by atoms with Crippen LogP contribution >= 0.6 is 11.6 Å². The van der Waals surface area contributed by atoms with E-state index in [2.05, 4.69) is 10.3 Å². The summed E-state index contributed by atoms with van der Waals surface area (Å²) in [6.07, 6.45) is 0.774. The molecule has 0 unspecified atom stereocenters. The minimum Gasteiger partial charge on any atom is -0.495 e. The number of hydrogen-bond acceptors (Lipinski definition) is 2. The van der Waals surface area contributed by atoms with Crippen LogP contribution in [-0.2, 0) is 11.2 Å². The normalized spacial score (nSPS) is 10.7. The second-order valence-electron chi connectivity index (χ2n) is 4.49. The van der Waals surface area contributed by atoms with Gasteiger partial charge in [0.25, 0.3) is 0 Å². The second-order valence-corrected chi connectivity index (χ2v) is 4.90. The monoisotopic (exact) mass is 280 g/mol. The zero-order valence-electron chi connectivity index (χ0n) is 11.3. The second kappa shape index (κ2) is 5.53. The summed E-state index contributed by atoms with van der Waals surface area (Å²) in [7, 11) is 1.60. The number of aryl methyl sites for hydroxylation is 1. The molecule has 0 saturated carbocycles. The summed E-state index contributed by atoms with van der Waals surface area (Å²) in [6, 6.07) is 3.80. The summed E-state index contributed by atoms with van der Waals surface area (Å²) in [5.41, 5.74) is 3.25. The first-order valence-electron chi connectivity index (χ1n) is 6.12. The number of rotatable bonds is 4. The number of aromatic nitrogens is 1. The maximum atomic E-state index is 10.9. The van der Waals surface area contributed by atoms with Crippen molar-refractivity contribution in [2.45, 2.75) is 20.3 Å². The van der Waals surface area contributed by atoms with Crippen LogP contribution in [0.3, 0.4) is 0 Å². The lowest BCUT2D eigenvalue weighted by Gasteiger charge is -2.05. The zero-order chi connectivity index (χ0) is 14.0. The molecule has 2 N–H and O–H groups in total. The molecular formula is C14H17ClN2O2. The molecule has 19 heavy (non-hydrogen) atoms.